The number of fused-ring (bicyclic) bond motifs is 5. The lowest BCUT2D eigenvalue weighted by Gasteiger charge is -2.11. The van der Waals surface area contributed by atoms with Gasteiger partial charge >= 0.3 is 0 Å². The largest absolute Gasteiger partial charge is 0.497 e. The van der Waals surface area contributed by atoms with E-state index in [0.29, 0.717) is 16.9 Å². The quantitative estimate of drug-likeness (QED) is 0.539. The number of hydrogen-bond donors (Lipinski definition) is 0. The Bertz CT molecular complexity index is 1020. The average Bonchev–Trinajstić information content (AvgIpc) is 2.86. The molecule has 2 heterocycles. The molecule has 2 aromatic heterocycles. The van der Waals surface area contributed by atoms with Crippen LogP contribution in [-0.2, 0) is 7.05 Å². The molecule has 4 rings (SSSR count). The highest BCUT2D eigenvalue weighted by atomic mass is 16.5. The summed E-state index contributed by atoms with van der Waals surface area (Å²) < 4.78 is 6.73. The van der Waals surface area contributed by atoms with Crippen molar-refractivity contribution in [3.8, 4) is 16.9 Å². The van der Waals surface area contributed by atoms with Gasteiger partial charge in [-0.2, -0.15) is 0 Å². The second-order valence-corrected chi connectivity index (χ2v) is 5.25. The summed E-state index contributed by atoms with van der Waals surface area (Å²) in [6.07, 6.45) is 3.21. The number of aromatic nitrogens is 2. The predicted molar refractivity (Wildman–Crippen MR) is 82.4 cm³/mol. The van der Waals surface area contributed by atoms with E-state index < -0.39 is 0 Å². The normalized spacial score (nSPS) is 12.4. The van der Waals surface area contributed by atoms with Gasteiger partial charge in [0, 0.05) is 47.6 Å². The number of nitrogens with zero attached hydrogens (tertiary/aromatic N) is 2. The maximum Gasteiger partial charge on any atom is 0.262 e. The number of hydrogen-bond acceptors (Lipinski definition) is 4. The summed E-state index contributed by atoms with van der Waals surface area (Å²) in [5.74, 6) is 0.434. The molecule has 1 aliphatic rings. The minimum absolute atomic E-state index is 0.225. The summed E-state index contributed by atoms with van der Waals surface area (Å²) >= 11 is 0. The second kappa shape index (κ2) is 4.27. The zero-order valence-corrected chi connectivity index (χ0v) is 12.1. The first-order valence-corrected chi connectivity index (χ1v) is 6.83. The van der Waals surface area contributed by atoms with Crippen LogP contribution in [0.1, 0.15) is 15.9 Å². The van der Waals surface area contributed by atoms with E-state index in [4.69, 9.17) is 4.74 Å². The maximum absolute atomic E-state index is 12.6. The molecule has 0 aliphatic heterocycles. The molecule has 0 radical (unpaired) electrons. The maximum atomic E-state index is 12.6. The van der Waals surface area contributed by atoms with E-state index in [1.807, 2.05) is 12.1 Å². The highest BCUT2D eigenvalue weighted by Crippen LogP contribution is 2.39. The molecule has 0 bridgehead atoms. The molecule has 0 saturated heterocycles. The number of ether oxygens (including phenoxy) is 1. The lowest BCUT2D eigenvalue weighted by Crippen LogP contribution is -2.23. The number of methoxy groups -OCH3 is 1. The van der Waals surface area contributed by atoms with Crippen LogP contribution in [0.4, 0.5) is 0 Å². The summed E-state index contributed by atoms with van der Waals surface area (Å²) in [6.45, 7) is 0. The third-order valence-corrected chi connectivity index (χ3v) is 4.17. The van der Waals surface area contributed by atoms with Crippen molar-refractivity contribution in [1.29, 1.82) is 0 Å². The van der Waals surface area contributed by atoms with Gasteiger partial charge in [0.15, 0.2) is 5.78 Å². The van der Waals surface area contributed by atoms with E-state index in [2.05, 4.69) is 4.98 Å². The number of carbonyl (C=O) groups is 1. The summed E-state index contributed by atoms with van der Waals surface area (Å²) in [7, 11) is 3.24. The Morgan fingerprint density at radius 3 is 2.68 bits per heavy atom. The molecular weight excluding hydrogens is 280 g/mol. The molecule has 108 valence electrons. The Balaban J connectivity index is 2.24. The molecule has 5 nitrogen and oxygen atoms in total. The zero-order valence-electron chi connectivity index (χ0n) is 12.1. The van der Waals surface area contributed by atoms with Gasteiger partial charge in [0.05, 0.1) is 18.2 Å². The smallest absolute Gasteiger partial charge is 0.262 e. The van der Waals surface area contributed by atoms with Crippen molar-refractivity contribution in [2.75, 3.05) is 7.11 Å². The van der Waals surface area contributed by atoms with E-state index in [-0.39, 0.29) is 16.9 Å². The fourth-order valence-corrected chi connectivity index (χ4v) is 3.06. The van der Waals surface area contributed by atoms with Crippen LogP contribution in [0.25, 0.3) is 22.0 Å². The molecule has 0 amide bonds. The van der Waals surface area contributed by atoms with E-state index in [9.17, 15) is 9.59 Å². The fourth-order valence-electron chi connectivity index (χ4n) is 3.06. The van der Waals surface area contributed by atoms with Crippen LogP contribution < -0.4 is 10.3 Å². The van der Waals surface area contributed by atoms with Crippen molar-refractivity contribution >= 4 is 16.7 Å². The first-order valence-electron chi connectivity index (χ1n) is 6.83. The topological polar surface area (TPSA) is 61.2 Å². The van der Waals surface area contributed by atoms with Gasteiger partial charge in [-0.1, -0.05) is 0 Å². The summed E-state index contributed by atoms with van der Waals surface area (Å²) in [5, 5.41) is 0.845. The molecule has 1 aromatic carbocycles. The minimum atomic E-state index is -0.294. The fraction of sp³-hybridized carbons (Fsp3) is 0.118. The van der Waals surface area contributed by atoms with Gasteiger partial charge in [0.1, 0.15) is 5.75 Å². The molecule has 1 aliphatic carbocycles. The van der Waals surface area contributed by atoms with Crippen LogP contribution in [0.3, 0.4) is 0 Å². The summed E-state index contributed by atoms with van der Waals surface area (Å²) in [4.78, 5) is 29.3. The molecule has 5 heteroatoms. The van der Waals surface area contributed by atoms with Gasteiger partial charge in [0.25, 0.3) is 5.56 Å². The predicted octanol–water partition coefficient (Wildman–Crippen LogP) is 2.15. The SMILES string of the molecule is COc1ccc2c3c(c(=O)n(C)c2c1)C(=O)c1ccncc1-3. The van der Waals surface area contributed by atoms with Crippen molar-refractivity contribution in [3.05, 3.63) is 58.1 Å². The molecule has 3 aromatic rings. The first-order chi connectivity index (χ1) is 10.6. The lowest BCUT2D eigenvalue weighted by molar-refractivity contribution is 0.104. The van der Waals surface area contributed by atoms with Crippen LogP contribution in [-0.4, -0.2) is 22.4 Å². The molecule has 0 N–H and O–H groups in total. The number of rotatable bonds is 1. The Morgan fingerprint density at radius 1 is 1.09 bits per heavy atom. The standard InChI is InChI=1S/C17H12N2O3/c1-19-13-7-9(22-2)3-4-11(13)14-12-8-18-6-5-10(12)16(20)15(14)17(19)21/h3-8H,1-2H3. The Hall–Kier alpha value is -2.95. The summed E-state index contributed by atoms with van der Waals surface area (Å²) in [5.41, 5.74) is 2.59. The van der Waals surface area contributed by atoms with Crippen LogP contribution in [0.15, 0.2) is 41.5 Å². The number of ketones is 1. The third-order valence-electron chi connectivity index (χ3n) is 4.17. The highest BCUT2D eigenvalue weighted by molar-refractivity contribution is 6.25. The molecule has 0 spiro atoms. The first kappa shape index (κ1) is 12.8. The Kier molecular flexibility index (Phi) is 2.48. The van der Waals surface area contributed by atoms with Crippen LogP contribution in [0, 0.1) is 0 Å². The molecule has 22 heavy (non-hydrogen) atoms. The van der Waals surface area contributed by atoms with Crippen molar-refractivity contribution in [2.24, 2.45) is 7.05 Å². The van der Waals surface area contributed by atoms with Crippen LogP contribution in [0.2, 0.25) is 0 Å². The van der Waals surface area contributed by atoms with Gasteiger partial charge < -0.3 is 9.30 Å². The molecular formula is C17H12N2O3. The van der Waals surface area contributed by atoms with E-state index >= 15 is 0 Å². The highest BCUT2D eigenvalue weighted by Gasteiger charge is 2.32. The Labute approximate surface area is 125 Å². The minimum Gasteiger partial charge on any atom is -0.497 e. The van der Waals surface area contributed by atoms with E-state index in [1.165, 1.54) is 4.57 Å². The van der Waals surface area contributed by atoms with Crippen molar-refractivity contribution < 1.29 is 9.53 Å². The second-order valence-electron chi connectivity index (χ2n) is 5.25. The van der Waals surface area contributed by atoms with Crippen molar-refractivity contribution in [3.63, 3.8) is 0 Å². The third kappa shape index (κ3) is 1.45. The number of carbonyl (C=O) groups excluding carboxylic acids is 1. The van der Waals surface area contributed by atoms with Crippen LogP contribution in [0.5, 0.6) is 5.75 Å². The number of benzene rings is 1. The van der Waals surface area contributed by atoms with E-state index in [0.717, 1.165) is 16.5 Å². The lowest BCUT2D eigenvalue weighted by atomic mass is 10.0. The van der Waals surface area contributed by atoms with Gasteiger partial charge in [-0.3, -0.25) is 14.6 Å². The molecule has 0 atom stereocenters. The zero-order chi connectivity index (χ0) is 15.4. The van der Waals surface area contributed by atoms with Crippen LogP contribution >= 0.6 is 0 Å². The van der Waals surface area contributed by atoms with Gasteiger partial charge in [-0.15, -0.1) is 0 Å². The van der Waals surface area contributed by atoms with Gasteiger partial charge in [-0.25, -0.2) is 0 Å². The number of aryl methyl sites for hydroxylation is 1. The van der Waals surface area contributed by atoms with Gasteiger partial charge in [-0.05, 0) is 18.2 Å². The Morgan fingerprint density at radius 2 is 1.91 bits per heavy atom. The molecule has 0 unspecified atom stereocenters. The average molecular weight is 292 g/mol. The van der Waals surface area contributed by atoms with Gasteiger partial charge in [0.2, 0.25) is 0 Å². The molecule has 0 fully saturated rings. The van der Waals surface area contributed by atoms with Crippen molar-refractivity contribution in [2.45, 2.75) is 0 Å². The summed E-state index contributed by atoms with van der Waals surface area (Å²) in [6, 6.07) is 7.16. The van der Waals surface area contributed by atoms with Crippen molar-refractivity contribution in [1.82, 2.24) is 9.55 Å². The molecule has 0 saturated carbocycles. The van der Waals surface area contributed by atoms with E-state index in [1.54, 1.807) is 38.7 Å². The number of pyridine rings is 2. The monoisotopic (exact) mass is 292 g/mol.